The molecular weight excluding hydrogens is 274 g/mol. The third-order valence-electron chi connectivity index (χ3n) is 3.82. The molecule has 1 unspecified atom stereocenters. The van der Waals surface area contributed by atoms with Gasteiger partial charge in [-0.15, -0.1) is 0 Å². The molecule has 0 amide bonds. The standard InChI is InChI=1S/C16H24F2OSi/c1-12(19-20(5,6)16(2,3)4)10-11-13-14(17)8-7-9-15(13)18/h7-12H,1-6H3/b11-10+. The molecule has 0 aliphatic rings. The molecule has 1 aromatic rings. The molecule has 0 radical (unpaired) electrons. The second kappa shape index (κ2) is 6.18. The lowest BCUT2D eigenvalue weighted by Gasteiger charge is -2.37. The maximum atomic E-state index is 13.5. The van der Waals surface area contributed by atoms with E-state index in [2.05, 4.69) is 33.9 Å². The first-order valence-electron chi connectivity index (χ1n) is 6.84. The summed E-state index contributed by atoms with van der Waals surface area (Å²) < 4.78 is 33.1. The van der Waals surface area contributed by atoms with Crippen molar-refractivity contribution in [1.29, 1.82) is 0 Å². The topological polar surface area (TPSA) is 9.23 Å². The van der Waals surface area contributed by atoms with Gasteiger partial charge in [0.15, 0.2) is 8.32 Å². The molecule has 0 heterocycles. The van der Waals surface area contributed by atoms with Gasteiger partial charge in [-0.1, -0.05) is 39.0 Å². The van der Waals surface area contributed by atoms with E-state index in [-0.39, 0.29) is 16.7 Å². The molecule has 0 saturated carbocycles. The van der Waals surface area contributed by atoms with Crippen molar-refractivity contribution in [3.63, 3.8) is 0 Å². The largest absolute Gasteiger partial charge is 0.411 e. The highest BCUT2D eigenvalue weighted by Gasteiger charge is 2.37. The predicted octanol–water partition coefficient (Wildman–Crippen LogP) is 5.39. The third kappa shape index (κ3) is 4.25. The van der Waals surface area contributed by atoms with Crippen molar-refractivity contribution in [1.82, 2.24) is 0 Å². The van der Waals surface area contributed by atoms with Crippen LogP contribution < -0.4 is 0 Å². The second-order valence-corrected chi connectivity index (χ2v) is 11.3. The van der Waals surface area contributed by atoms with Crippen LogP contribution in [0.25, 0.3) is 6.08 Å². The van der Waals surface area contributed by atoms with E-state index < -0.39 is 20.0 Å². The van der Waals surface area contributed by atoms with Gasteiger partial charge < -0.3 is 4.43 Å². The average Bonchev–Trinajstić information content (AvgIpc) is 2.26. The van der Waals surface area contributed by atoms with E-state index in [0.29, 0.717) is 0 Å². The summed E-state index contributed by atoms with van der Waals surface area (Å²) in [4.78, 5) is 0. The van der Waals surface area contributed by atoms with Crippen LogP contribution in [0.4, 0.5) is 8.78 Å². The Hall–Kier alpha value is -1.00. The van der Waals surface area contributed by atoms with Gasteiger partial charge in [-0.25, -0.2) is 8.78 Å². The molecule has 0 aromatic heterocycles. The zero-order chi connectivity index (χ0) is 15.6. The minimum absolute atomic E-state index is 0.0156. The lowest BCUT2D eigenvalue weighted by atomic mass is 10.1. The highest BCUT2D eigenvalue weighted by molar-refractivity contribution is 6.74. The van der Waals surface area contributed by atoms with Crippen molar-refractivity contribution in [2.24, 2.45) is 0 Å². The fraction of sp³-hybridized carbons (Fsp3) is 0.500. The van der Waals surface area contributed by atoms with E-state index in [0.717, 1.165) is 0 Å². The third-order valence-corrected chi connectivity index (χ3v) is 8.39. The lowest BCUT2D eigenvalue weighted by molar-refractivity contribution is 0.244. The summed E-state index contributed by atoms with van der Waals surface area (Å²) in [5.74, 6) is -1.11. The van der Waals surface area contributed by atoms with Gasteiger partial charge in [0.25, 0.3) is 0 Å². The van der Waals surface area contributed by atoms with E-state index in [1.807, 2.05) is 6.92 Å². The van der Waals surface area contributed by atoms with Crippen LogP contribution in [0.15, 0.2) is 24.3 Å². The first-order chi connectivity index (χ1) is 9.04. The van der Waals surface area contributed by atoms with E-state index in [1.165, 1.54) is 24.3 Å². The number of hydrogen-bond donors (Lipinski definition) is 0. The van der Waals surface area contributed by atoms with Gasteiger partial charge >= 0.3 is 0 Å². The van der Waals surface area contributed by atoms with Gasteiger partial charge in [-0.3, -0.25) is 0 Å². The van der Waals surface area contributed by atoms with Crippen molar-refractivity contribution in [3.05, 3.63) is 41.5 Å². The van der Waals surface area contributed by atoms with E-state index in [9.17, 15) is 8.78 Å². The molecule has 1 rings (SSSR count). The molecule has 0 aliphatic heterocycles. The maximum absolute atomic E-state index is 13.5. The summed E-state index contributed by atoms with van der Waals surface area (Å²) in [6, 6.07) is 3.86. The quantitative estimate of drug-likeness (QED) is 0.677. The second-order valence-electron chi connectivity index (χ2n) is 6.58. The molecule has 1 nitrogen and oxygen atoms in total. The van der Waals surface area contributed by atoms with Crippen LogP contribution in [0.3, 0.4) is 0 Å². The Bertz CT molecular complexity index is 469. The minimum atomic E-state index is -1.87. The number of rotatable bonds is 4. The van der Waals surface area contributed by atoms with Crippen molar-refractivity contribution < 1.29 is 13.2 Å². The molecule has 0 spiro atoms. The first-order valence-corrected chi connectivity index (χ1v) is 9.75. The number of hydrogen-bond acceptors (Lipinski definition) is 1. The Labute approximate surface area is 121 Å². The van der Waals surface area contributed by atoms with Crippen LogP contribution >= 0.6 is 0 Å². The lowest BCUT2D eigenvalue weighted by Crippen LogP contribution is -2.42. The molecule has 0 fully saturated rings. The molecule has 112 valence electrons. The molecule has 0 N–H and O–H groups in total. The van der Waals surface area contributed by atoms with Crippen molar-refractivity contribution in [2.45, 2.75) is 51.9 Å². The Morgan fingerprint density at radius 1 is 1.15 bits per heavy atom. The fourth-order valence-corrected chi connectivity index (χ4v) is 2.94. The summed E-state index contributed by atoms with van der Waals surface area (Å²) in [6.45, 7) is 12.7. The first kappa shape index (κ1) is 17.0. The fourth-order valence-electron chi connectivity index (χ4n) is 1.58. The molecule has 0 bridgehead atoms. The van der Waals surface area contributed by atoms with Gasteiger partial charge in [-0.05, 0) is 37.2 Å². The van der Waals surface area contributed by atoms with E-state index >= 15 is 0 Å². The van der Waals surface area contributed by atoms with Crippen molar-refractivity contribution in [2.75, 3.05) is 0 Å². The summed E-state index contributed by atoms with van der Waals surface area (Å²) in [5, 5.41) is 0.109. The smallest absolute Gasteiger partial charge is 0.192 e. The average molecular weight is 298 g/mol. The zero-order valence-corrected chi connectivity index (χ0v) is 14.1. The van der Waals surface area contributed by atoms with Gasteiger partial charge in [0, 0.05) is 5.56 Å². The van der Waals surface area contributed by atoms with Gasteiger partial charge in [0.05, 0.1) is 6.10 Å². The predicted molar refractivity (Wildman–Crippen MR) is 83.1 cm³/mol. The summed E-state index contributed by atoms with van der Waals surface area (Å²) >= 11 is 0. The number of benzene rings is 1. The van der Waals surface area contributed by atoms with Crippen LogP contribution in [0.5, 0.6) is 0 Å². The molecular formula is C16H24F2OSi. The molecule has 20 heavy (non-hydrogen) atoms. The summed E-state index contributed by atoms with van der Waals surface area (Å²) in [6.07, 6.45) is 3.00. The van der Waals surface area contributed by atoms with Gasteiger partial charge in [0.1, 0.15) is 11.6 Å². The highest BCUT2D eigenvalue weighted by atomic mass is 28.4. The molecule has 1 aromatic carbocycles. The van der Waals surface area contributed by atoms with Gasteiger partial charge in [-0.2, -0.15) is 0 Å². The number of halogens is 2. The highest BCUT2D eigenvalue weighted by Crippen LogP contribution is 2.37. The summed E-state index contributed by atoms with van der Waals surface area (Å²) in [7, 11) is -1.87. The monoisotopic (exact) mass is 298 g/mol. The van der Waals surface area contributed by atoms with Gasteiger partial charge in [0.2, 0.25) is 0 Å². The minimum Gasteiger partial charge on any atom is -0.411 e. The Morgan fingerprint density at radius 3 is 2.10 bits per heavy atom. The molecule has 4 heteroatoms. The van der Waals surface area contributed by atoms with Crippen molar-refractivity contribution in [3.8, 4) is 0 Å². The summed E-state index contributed by atoms with van der Waals surface area (Å²) in [5.41, 5.74) is -0.0156. The molecule has 0 saturated heterocycles. The van der Waals surface area contributed by atoms with E-state index in [1.54, 1.807) is 6.08 Å². The Morgan fingerprint density at radius 2 is 1.65 bits per heavy atom. The maximum Gasteiger partial charge on any atom is 0.192 e. The Kier molecular flexibility index (Phi) is 5.27. The van der Waals surface area contributed by atoms with Crippen LogP contribution in [-0.4, -0.2) is 14.4 Å². The van der Waals surface area contributed by atoms with Crippen LogP contribution in [0.1, 0.15) is 33.3 Å². The van der Waals surface area contributed by atoms with E-state index in [4.69, 9.17) is 4.43 Å². The van der Waals surface area contributed by atoms with Crippen LogP contribution in [0, 0.1) is 11.6 Å². The Balaban J connectivity index is 2.81. The van der Waals surface area contributed by atoms with Crippen LogP contribution in [0.2, 0.25) is 18.1 Å². The van der Waals surface area contributed by atoms with Crippen molar-refractivity contribution >= 4 is 14.4 Å². The van der Waals surface area contributed by atoms with Crippen LogP contribution in [-0.2, 0) is 4.43 Å². The normalized spacial score (nSPS) is 14.8. The molecule has 1 atom stereocenters. The molecule has 0 aliphatic carbocycles. The SMILES string of the molecule is CC(/C=C/c1c(F)cccc1F)O[Si](C)(C)C(C)(C)C. The zero-order valence-electron chi connectivity index (χ0n) is 13.1.